The van der Waals surface area contributed by atoms with Crippen LogP contribution in [0.3, 0.4) is 0 Å². The van der Waals surface area contributed by atoms with Gasteiger partial charge in [-0.3, -0.25) is 0 Å². The summed E-state index contributed by atoms with van der Waals surface area (Å²) in [5, 5.41) is 3.10. The third-order valence-electron chi connectivity index (χ3n) is 2.78. The number of anilines is 1. The van der Waals surface area contributed by atoms with E-state index in [-0.39, 0.29) is 5.97 Å². The molecule has 4 heteroatoms. The number of carbonyl (C=O) groups excluding carboxylic acids is 1. The molecule has 0 aliphatic rings. The van der Waals surface area contributed by atoms with Crippen LogP contribution in [0.2, 0.25) is 0 Å². The largest absolute Gasteiger partial charge is 0.467 e. The standard InChI is InChI=1S/C15H16N2O2/c1-11-8-9-16-13(10-11)17-14(15(18)19-2)12-6-4-3-5-7-12/h3-10,14H,1-2H3,(H,16,17). The maximum absolute atomic E-state index is 11.9. The van der Waals surface area contributed by atoms with E-state index in [4.69, 9.17) is 4.74 Å². The van der Waals surface area contributed by atoms with Gasteiger partial charge in [0.2, 0.25) is 0 Å². The van der Waals surface area contributed by atoms with Gasteiger partial charge < -0.3 is 10.1 Å². The van der Waals surface area contributed by atoms with Gasteiger partial charge in [-0.25, -0.2) is 9.78 Å². The summed E-state index contributed by atoms with van der Waals surface area (Å²) < 4.78 is 4.84. The van der Waals surface area contributed by atoms with Crippen LogP contribution in [0.25, 0.3) is 0 Å². The zero-order valence-corrected chi connectivity index (χ0v) is 11.0. The maximum atomic E-state index is 11.9. The zero-order valence-electron chi connectivity index (χ0n) is 11.0. The quantitative estimate of drug-likeness (QED) is 0.854. The Morgan fingerprint density at radius 3 is 2.63 bits per heavy atom. The fourth-order valence-electron chi connectivity index (χ4n) is 1.80. The van der Waals surface area contributed by atoms with E-state index in [9.17, 15) is 4.79 Å². The van der Waals surface area contributed by atoms with Gasteiger partial charge in [0.05, 0.1) is 7.11 Å². The Bertz CT molecular complexity index is 555. The number of aromatic nitrogens is 1. The van der Waals surface area contributed by atoms with Crippen LogP contribution < -0.4 is 5.32 Å². The summed E-state index contributed by atoms with van der Waals surface area (Å²) in [6.07, 6.45) is 1.71. The van der Waals surface area contributed by atoms with Crippen LogP contribution in [-0.4, -0.2) is 18.1 Å². The van der Waals surface area contributed by atoms with Crippen molar-refractivity contribution in [2.45, 2.75) is 13.0 Å². The van der Waals surface area contributed by atoms with Gasteiger partial charge in [-0.05, 0) is 30.2 Å². The highest BCUT2D eigenvalue weighted by atomic mass is 16.5. The number of benzene rings is 1. The summed E-state index contributed by atoms with van der Waals surface area (Å²) in [5.74, 6) is 0.314. The number of hydrogen-bond acceptors (Lipinski definition) is 4. The molecule has 1 N–H and O–H groups in total. The number of carbonyl (C=O) groups is 1. The third-order valence-corrected chi connectivity index (χ3v) is 2.78. The van der Waals surface area contributed by atoms with E-state index in [0.29, 0.717) is 5.82 Å². The number of rotatable bonds is 4. The van der Waals surface area contributed by atoms with E-state index in [1.54, 1.807) is 6.20 Å². The van der Waals surface area contributed by atoms with Crippen LogP contribution in [0, 0.1) is 6.92 Å². The SMILES string of the molecule is COC(=O)C(Nc1cc(C)ccn1)c1ccccc1. The van der Waals surface area contributed by atoms with Crippen molar-refractivity contribution in [3.8, 4) is 0 Å². The topological polar surface area (TPSA) is 51.2 Å². The molecule has 1 aromatic heterocycles. The molecule has 1 atom stereocenters. The molecule has 0 radical (unpaired) electrons. The lowest BCUT2D eigenvalue weighted by Gasteiger charge is -2.17. The average Bonchev–Trinajstić information content (AvgIpc) is 2.45. The molecule has 1 unspecified atom stereocenters. The van der Waals surface area contributed by atoms with Crippen molar-refractivity contribution in [2.24, 2.45) is 0 Å². The Labute approximate surface area is 112 Å². The third kappa shape index (κ3) is 3.31. The number of ether oxygens (including phenoxy) is 1. The Kier molecular flexibility index (Phi) is 4.13. The van der Waals surface area contributed by atoms with E-state index in [2.05, 4.69) is 10.3 Å². The lowest BCUT2D eigenvalue weighted by atomic mass is 10.1. The van der Waals surface area contributed by atoms with Crippen molar-refractivity contribution >= 4 is 11.8 Å². The molecule has 2 aromatic rings. The molecule has 0 saturated heterocycles. The van der Waals surface area contributed by atoms with E-state index in [1.807, 2.05) is 49.4 Å². The molecule has 0 aliphatic carbocycles. The van der Waals surface area contributed by atoms with Crippen molar-refractivity contribution < 1.29 is 9.53 Å². The number of aryl methyl sites for hydroxylation is 1. The first kappa shape index (κ1) is 13.1. The highest BCUT2D eigenvalue weighted by Gasteiger charge is 2.21. The Morgan fingerprint density at radius 2 is 2.00 bits per heavy atom. The fraction of sp³-hybridized carbons (Fsp3) is 0.200. The van der Waals surface area contributed by atoms with Crippen molar-refractivity contribution in [1.82, 2.24) is 4.98 Å². The molecule has 0 saturated carbocycles. The first-order chi connectivity index (χ1) is 9.20. The fourth-order valence-corrected chi connectivity index (χ4v) is 1.80. The number of methoxy groups -OCH3 is 1. The van der Waals surface area contributed by atoms with Crippen molar-refractivity contribution in [3.63, 3.8) is 0 Å². The molecule has 19 heavy (non-hydrogen) atoms. The summed E-state index contributed by atoms with van der Waals surface area (Å²) in [6, 6.07) is 12.7. The molecule has 2 rings (SSSR count). The number of pyridine rings is 1. The van der Waals surface area contributed by atoms with E-state index in [1.165, 1.54) is 7.11 Å². The van der Waals surface area contributed by atoms with Crippen LogP contribution in [0.4, 0.5) is 5.82 Å². The van der Waals surface area contributed by atoms with E-state index < -0.39 is 6.04 Å². The molecule has 0 amide bonds. The van der Waals surface area contributed by atoms with E-state index in [0.717, 1.165) is 11.1 Å². The zero-order chi connectivity index (χ0) is 13.7. The Balaban J connectivity index is 2.27. The van der Waals surface area contributed by atoms with Gasteiger partial charge in [0.15, 0.2) is 6.04 Å². The normalized spacial score (nSPS) is 11.7. The van der Waals surface area contributed by atoms with Gasteiger partial charge in [0.25, 0.3) is 0 Å². The first-order valence-corrected chi connectivity index (χ1v) is 6.02. The van der Waals surface area contributed by atoms with Crippen molar-refractivity contribution in [2.75, 3.05) is 12.4 Å². The minimum atomic E-state index is -0.555. The molecule has 0 bridgehead atoms. The molecule has 4 nitrogen and oxygen atoms in total. The summed E-state index contributed by atoms with van der Waals surface area (Å²) in [7, 11) is 1.38. The van der Waals surface area contributed by atoms with Crippen LogP contribution in [0.5, 0.6) is 0 Å². The smallest absolute Gasteiger partial charge is 0.333 e. The maximum Gasteiger partial charge on any atom is 0.333 e. The second kappa shape index (κ2) is 6.00. The molecular weight excluding hydrogens is 240 g/mol. The van der Waals surface area contributed by atoms with Gasteiger partial charge in [-0.15, -0.1) is 0 Å². The Hall–Kier alpha value is -2.36. The van der Waals surface area contributed by atoms with Gasteiger partial charge in [0, 0.05) is 6.20 Å². The van der Waals surface area contributed by atoms with Gasteiger partial charge in [-0.2, -0.15) is 0 Å². The molecule has 0 aliphatic heterocycles. The molecule has 0 spiro atoms. The number of hydrogen-bond donors (Lipinski definition) is 1. The molecular formula is C15H16N2O2. The predicted molar refractivity (Wildman–Crippen MR) is 73.8 cm³/mol. The van der Waals surface area contributed by atoms with Crippen LogP contribution in [-0.2, 0) is 9.53 Å². The molecule has 1 heterocycles. The van der Waals surface area contributed by atoms with Crippen LogP contribution in [0.15, 0.2) is 48.7 Å². The van der Waals surface area contributed by atoms with Gasteiger partial charge in [-0.1, -0.05) is 30.3 Å². The van der Waals surface area contributed by atoms with Gasteiger partial charge in [0.1, 0.15) is 5.82 Å². The van der Waals surface area contributed by atoms with E-state index >= 15 is 0 Å². The summed E-state index contributed by atoms with van der Waals surface area (Å²) in [6.45, 7) is 1.97. The van der Waals surface area contributed by atoms with Crippen LogP contribution >= 0.6 is 0 Å². The summed E-state index contributed by atoms with van der Waals surface area (Å²) in [4.78, 5) is 16.1. The second-order valence-electron chi connectivity index (χ2n) is 4.23. The summed E-state index contributed by atoms with van der Waals surface area (Å²) >= 11 is 0. The number of nitrogens with one attached hydrogen (secondary N) is 1. The number of nitrogens with zero attached hydrogens (tertiary/aromatic N) is 1. The lowest BCUT2D eigenvalue weighted by molar-refractivity contribution is -0.141. The number of esters is 1. The van der Waals surface area contributed by atoms with Crippen LogP contribution in [0.1, 0.15) is 17.2 Å². The highest BCUT2D eigenvalue weighted by Crippen LogP contribution is 2.19. The molecule has 1 aromatic carbocycles. The Morgan fingerprint density at radius 1 is 1.26 bits per heavy atom. The predicted octanol–water partition coefficient (Wildman–Crippen LogP) is 2.72. The monoisotopic (exact) mass is 256 g/mol. The molecule has 98 valence electrons. The average molecular weight is 256 g/mol. The minimum absolute atomic E-state index is 0.338. The van der Waals surface area contributed by atoms with Gasteiger partial charge >= 0.3 is 5.97 Å². The second-order valence-corrected chi connectivity index (χ2v) is 4.23. The summed E-state index contributed by atoms with van der Waals surface area (Å²) in [5.41, 5.74) is 1.92. The van der Waals surface area contributed by atoms with Crippen molar-refractivity contribution in [1.29, 1.82) is 0 Å². The highest BCUT2D eigenvalue weighted by molar-refractivity contribution is 5.80. The molecule has 0 fully saturated rings. The minimum Gasteiger partial charge on any atom is -0.467 e. The lowest BCUT2D eigenvalue weighted by Crippen LogP contribution is -2.22. The van der Waals surface area contributed by atoms with Crippen molar-refractivity contribution in [3.05, 3.63) is 59.8 Å². The first-order valence-electron chi connectivity index (χ1n) is 6.02.